The summed E-state index contributed by atoms with van der Waals surface area (Å²) in [6, 6.07) is 1.68. The summed E-state index contributed by atoms with van der Waals surface area (Å²) in [6.07, 6.45) is 3.75. The van der Waals surface area contributed by atoms with E-state index in [2.05, 4.69) is 21.7 Å². The Labute approximate surface area is 181 Å². The molecule has 1 aromatic carbocycles. The molecule has 0 unspecified atom stereocenters. The number of carbonyl (C=O) groups is 2. The zero-order valence-corrected chi connectivity index (χ0v) is 18.3. The summed E-state index contributed by atoms with van der Waals surface area (Å²) in [7, 11) is 0. The molecule has 2 amide bonds. The van der Waals surface area contributed by atoms with Gasteiger partial charge in [-0.3, -0.25) is 9.59 Å². The molecule has 0 radical (unpaired) electrons. The first kappa shape index (κ1) is 21.2. The van der Waals surface area contributed by atoms with Crippen molar-refractivity contribution >= 4 is 28.4 Å². The molecule has 1 aromatic heterocycles. The summed E-state index contributed by atoms with van der Waals surface area (Å²) in [5.74, 6) is 4.43. The highest BCUT2D eigenvalue weighted by atomic mass is 19.1. The molecule has 1 atom stereocenters. The SMILES string of the molecule is CC#CC(=O)N(C1CC1)[C@H]1CCCN(c2c(F)cc(CC(N)=O)c3[nH]c(C)c(C)c23)C1. The Morgan fingerprint density at radius 2 is 2.03 bits per heavy atom. The molecule has 3 N–H and O–H groups in total. The standard InChI is InChI=1S/C24H29FN4O2/c1-4-6-21(31)29(17-8-9-17)18-7-5-10-28(13-18)24-19(25)11-16(12-20(26)30)23-22(24)14(2)15(3)27-23/h11,17-18,27H,5,7-10,12-13H2,1-3H3,(H2,26,30)/t18-/m0/s1. The molecule has 1 aliphatic carbocycles. The molecular formula is C24H29FN4O2. The van der Waals surface area contributed by atoms with Gasteiger partial charge in [0.2, 0.25) is 5.91 Å². The van der Waals surface area contributed by atoms with Gasteiger partial charge in [0.05, 0.1) is 23.7 Å². The number of nitrogens with one attached hydrogen (secondary N) is 1. The van der Waals surface area contributed by atoms with Gasteiger partial charge >= 0.3 is 0 Å². The molecule has 0 spiro atoms. The third-order valence-electron chi connectivity index (χ3n) is 6.46. The lowest BCUT2D eigenvalue weighted by Crippen LogP contribution is -2.51. The van der Waals surface area contributed by atoms with Crippen molar-refractivity contribution in [3.63, 3.8) is 0 Å². The molecule has 1 aliphatic heterocycles. The van der Waals surface area contributed by atoms with E-state index in [-0.39, 0.29) is 30.2 Å². The minimum Gasteiger partial charge on any atom is -0.369 e. The van der Waals surface area contributed by atoms with Crippen molar-refractivity contribution in [2.24, 2.45) is 5.73 Å². The highest BCUT2D eigenvalue weighted by molar-refractivity contribution is 6.00. The Bertz CT molecular complexity index is 1110. The molecule has 4 rings (SSSR count). The number of hydrogen-bond acceptors (Lipinski definition) is 3. The molecule has 6 nitrogen and oxygen atoms in total. The van der Waals surface area contributed by atoms with E-state index in [1.54, 1.807) is 6.92 Å². The maximum atomic E-state index is 15.5. The van der Waals surface area contributed by atoms with Crippen LogP contribution in [0.5, 0.6) is 0 Å². The van der Waals surface area contributed by atoms with E-state index in [9.17, 15) is 9.59 Å². The number of halogens is 1. The van der Waals surface area contributed by atoms with Gasteiger partial charge in [0.15, 0.2) is 0 Å². The summed E-state index contributed by atoms with van der Waals surface area (Å²) < 4.78 is 15.5. The van der Waals surface area contributed by atoms with Gasteiger partial charge in [-0.2, -0.15) is 0 Å². The topological polar surface area (TPSA) is 82.4 Å². The van der Waals surface area contributed by atoms with Crippen LogP contribution < -0.4 is 10.6 Å². The number of rotatable bonds is 5. The van der Waals surface area contributed by atoms with Crippen LogP contribution in [-0.4, -0.2) is 46.9 Å². The Kier molecular flexibility index (Phi) is 5.65. The number of primary amides is 1. The van der Waals surface area contributed by atoms with Crippen LogP contribution in [0.4, 0.5) is 10.1 Å². The summed E-state index contributed by atoms with van der Waals surface area (Å²) in [5.41, 5.74) is 9.17. The smallest absolute Gasteiger partial charge is 0.299 e. The van der Waals surface area contributed by atoms with Crippen LogP contribution in [0.3, 0.4) is 0 Å². The number of fused-ring (bicyclic) bond motifs is 1. The van der Waals surface area contributed by atoms with Gasteiger partial charge in [-0.25, -0.2) is 4.39 Å². The van der Waals surface area contributed by atoms with E-state index in [1.165, 1.54) is 6.07 Å². The number of aryl methyl sites for hydroxylation is 2. The fourth-order valence-electron chi connectivity index (χ4n) is 4.84. The first-order valence-electron chi connectivity index (χ1n) is 10.9. The van der Waals surface area contributed by atoms with Crippen LogP contribution in [0.15, 0.2) is 6.07 Å². The molecule has 31 heavy (non-hydrogen) atoms. The third-order valence-corrected chi connectivity index (χ3v) is 6.46. The molecule has 7 heteroatoms. The van der Waals surface area contributed by atoms with E-state index < -0.39 is 5.91 Å². The van der Waals surface area contributed by atoms with Crippen LogP contribution in [-0.2, 0) is 16.0 Å². The van der Waals surface area contributed by atoms with Crippen LogP contribution in [0, 0.1) is 31.5 Å². The number of nitrogens with two attached hydrogens (primary N) is 1. The van der Waals surface area contributed by atoms with Crippen LogP contribution in [0.25, 0.3) is 10.9 Å². The summed E-state index contributed by atoms with van der Waals surface area (Å²) in [4.78, 5) is 31.5. The number of nitrogens with zero attached hydrogens (tertiary/aromatic N) is 2. The first-order chi connectivity index (χ1) is 14.8. The first-order valence-corrected chi connectivity index (χ1v) is 10.9. The lowest BCUT2D eigenvalue weighted by atomic mass is 9.98. The number of piperidine rings is 1. The number of anilines is 1. The second kappa shape index (κ2) is 8.26. The van der Waals surface area contributed by atoms with Crippen molar-refractivity contribution < 1.29 is 14.0 Å². The van der Waals surface area contributed by atoms with E-state index in [1.807, 2.05) is 18.7 Å². The normalized spacial score (nSPS) is 18.6. The lowest BCUT2D eigenvalue weighted by Gasteiger charge is -2.40. The van der Waals surface area contributed by atoms with Gasteiger partial charge in [-0.1, -0.05) is 5.92 Å². The van der Waals surface area contributed by atoms with E-state index in [0.717, 1.165) is 47.8 Å². The molecule has 164 valence electrons. The predicted molar refractivity (Wildman–Crippen MR) is 119 cm³/mol. The van der Waals surface area contributed by atoms with Crippen molar-refractivity contribution in [1.82, 2.24) is 9.88 Å². The predicted octanol–water partition coefficient (Wildman–Crippen LogP) is 2.93. The van der Waals surface area contributed by atoms with Crippen LogP contribution in [0.1, 0.15) is 49.4 Å². The molecule has 1 saturated carbocycles. The van der Waals surface area contributed by atoms with E-state index >= 15 is 4.39 Å². The number of hydrogen-bond donors (Lipinski definition) is 2. The molecule has 2 fully saturated rings. The Morgan fingerprint density at radius 1 is 1.29 bits per heavy atom. The Hall–Kier alpha value is -3.01. The van der Waals surface area contributed by atoms with Crippen LogP contribution in [0.2, 0.25) is 0 Å². The molecular weight excluding hydrogens is 395 g/mol. The number of aromatic nitrogens is 1. The monoisotopic (exact) mass is 424 g/mol. The van der Waals surface area contributed by atoms with Crippen LogP contribution >= 0.6 is 0 Å². The number of benzene rings is 1. The fraction of sp³-hybridized carbons (Fsp3) is 0.500. The zero-order valence-electron chi connectivity index (χ0n) is 18.3. The van der Waals surface area contributed by atoms with Crippen molar-refractivity contribution in [3.8, 4) is 11.8 Å². The van der Waals surface area contributed by atoms with E-state index in [0.29, 0.717) is 24.3 Å². The summed E-state index contributed by atoms with van der Waals surface area (Å²) >= 11 is 0. The van der Waals surface area contributed by atoms with Crippen molar-refractivity contribution in [2.45, 2.75) is 65.0 Å². The van der Waals surface area contributed by atoms with Gasteiger partial charge < -0.3 is 20.5 Å². The van der Waals surface area contributed by atoms with Gasteiger partial charge in [-0.15, -0.1) is 0 Å². The molecule has 0 bridgehead atoms. The van der Waals surface area contributed by atoms with E-state index in [4.69, 9.17) is 5.73 Å². The number of carbonyl (C=O) groups excluding carboxylic acids is 2. The minimum atomic E-state index is -0.494. The Morgan fingerprint density at radius 3 is 2.68 bits per heavy atom. The quantitative estimate of drug-likeness (QED) is 0.724. The largest absolute Gasteiger partial charge is 0.369 e. The second-order valence-corrected chi connectivity index (χ2v) is 8.69. The van der Waals surface area contributed by atoms with Crippen molar-refractivity contribution in [2.75, 3.05) is 18.0 Å². The summed E-state index contributed by atoms with van der Waals surface area (Å²) in [6.45, 7) is 6.86. The number of amides is 2. The number of H-pyrrole nitrogens is 1. The minimum absolute atomic E-state index is 0.00897. The molecule has 2 aliphatic rings. The van der Waals surface area contributed by atoms with Crippen molar-refractivity contribution in [3.05, 3.63) is 28.7 Å². The maximum absolute atomic E-state index is 15.5. The highest BCUT2D eigenvalue weighted by Crippen LogP contribution is 2.39. The van der Waals surface area contributed by atoms with Gasteiger partial charge in [0, 0.05) is 30.2 Å². The zero-order chi connectivity index (χ0) is 22.3. The second-order valence-electron chi connectivity index (χ2n) is 8.69. The van der Waals surface area contributed by atoms with Gasteiger partial charge in [0.1, 0.15) is 5.82 Å². The fourth-order valence-corrected chi connectivity index (χ4v) is 4.84. The summed E-state index contributed by atoms with van der Waals surface area (Å²) in [5, 5.41) is 0.798. The van der Waals surface area contributed by atoms with Crippen molar-refractivity contribution in [1.29, 1.82) is 0 Å². The maximum Gasteiger partial charge on any atom is 0.299 e. The molecule has 1 saturated heterocycles. The van der Waals surface area contributed by atoms with Gasteiger partial charge in [0.25, 0.3) is 5.91 Å². The van der Waals surface area contributed by atoms with Gasteiger partial charge in [-0.05, 0) is 69.6 Å². The Balaban J connectivity index is 1.74. The number of aromatic amines is 1. The molecule has 2 aromatic rings. The third kappa shape index (κ3) is 3.99. The highest BCUT2D eigenvalue weighted by Gasteiger charge is 2.39. The average Bonchev–Trinajstić information content (AvgIpc) is 3.49. The molecule has 2 heterocycles. The lowest BCUT2D eigenvalue weighted by molar-refractivity contribution is -0.128. The average molecular weight is 425 g/mol.